The van der Waals surface area contributed by atoms with Crippen LogP contribution in [-0.2, 0) is 9.53 Å². The van der Waals surface area contributed by atoms with Gasteiger partial charge in [0, 0.05) is 20.2 Å². The molecule has 0 bridgehead atoms. The Balaban J connectivity index is 2.22. The first-order valence-corrected chi connectivity index (χ1v) is 5.19. The van der Waals surface area contributed by atoms with E-state index in [9.17, 15) is 4.79 Å². The highest BCUT2D eigenvalue weighted by Gasteiger charge is 2.23. The van der Waals surface area contributed by atoms with Crippen LogP contribution in [0.3, 0.4) is 0 Å². The summed E-state index contributed by atoms with van der Waals surface area (Å²) < 4.78 is 4.88. The minimum Gasteiger partial charge on any atom is -0.383 e. The first kappa shape index (κ1) is 11.5. The molecule has 82 valence electrons. The van der Waals surface area contributed by atoms with Crippen molar-refractivity contribution < 1.29 is 9.53 Å². The highest BCUT2D eigenvalue weighted by atomic mass is 16.5. The number of hydrogen-bond donors (Lipinski definition) is 1. The molecule has 0 radical (unpaired) electrons. The van der Waals surface area contributed by atoms with Gasteiger partial charge in [-0.1, -0.05) is 0 Å². The van der Waals surface area contributed by atoms with E-state index in [1.807, 2.05) is 0 Å². The van der Waals surface area contributed by atoms with E-state index in [0.29, 0.717) is 13.2 Å². The summed E-state index contributed by atoms with van der Waals surface area (Å²) in [5, 5.41) is 2.88. The molecular formula is C10H20N2O2. The number of piperidine rings is 1. The highest BCUT2D eigenvalue weighted by molar-refractivity contribution is 5.78. The molecule has 1 fully saturated rings. The molecule has 14 heavy (non-hydrogen) atoms. The van der Waals surface area contributed by atoms with Crippen molar-refractivity contribution in [2.24, 2.45) is 5.92 Å². The lowest BCUT2D eigenvalue weighted by Crippen LogP contribution is -2.42. The lowest BCUT2D eigenvalue weighted by Gasteiger charge is -2.28. The van der Waals surface area contributed by atoms with Crippen LogP contribution in [0.5, 0.6) is 0 Å². The second-order valence-corrected chi connectivity index (χ2v) is 3.89. The van der Waals surface area contributed by atoms with Crippen LogP contribution in [0.4, 0.5) is 0 Å². The van der Waals surface area contributed by atoms with Gasteiger partial charge < -0.3 is 15.0 Å². The van der Waals surface area contributed by atoms with Crippen LogP contribution >= 0.6 is 0 Å². The van der Waals surface area contributed by atoms with Crippen molar-refractivity contribution in [2.45, 2.75) is 12.8 Å². The number of carbonyl (C=O) groups excluding carboxylic acids is 1. The number of likely N-dealkylation sites (tertiary alicyclic amines) is 1. The number of ether oxygens (including phenoxy) is 1. The second-order valence-electron chi connectivity index (χ2n) is 3.89. The van der Waals surface area contributed by atoms with Gasteiger partial charge >= 0.3 is 0 Å². The van der Waals surface area contributed by atoms with E-state index in [-0.39, 0.29) is 11.8 Å². The van der Waals surface area contributed by atoms with Gasteiger partial charge in [0.05, 0.1) is 12.5 Å². The van der Waals surface area contributed by atoms with Crippen LogP contribution in [0.1, 0.15) is 12.8 Å². The average Bonchev–Trinajstić information content (AvgIpc) is 2.18. The fourth-order valence-electron chi connectivity index (χ4n) is 1.80. The Bertz CT molecular complexity index is 185. The Morgan fingerprint density at radius 1 is 1.64 bits per heavy atom. The van der Waals surface area contributed by atoms with E-state index in [4.69, 9.17) is 4.74 Å². The number of carbonyl (C=O) groups is 1. The quantitative estimate of drug-likeness (QED) is 0.654. The largest absolute Gasteiger partial charge is 0.383 e. The molecule has 1 aliphatic heterocycles. The Labute approximate surface area is 85.6 Å². The predicted molar refractivity (Wildman–Crippen MR) is 55.1 cm³/mol. The summed E-state index contributed by atoms with van der Waals surface area (Å²) in [6.45, 7) is 3.21. The maximum absolute atomic E-state index is 11.6. The molecule has 0 aromatic heterocycles. The zero-order valence-corrected chi connectivity index (χ0v) is 9.08. The first-order chi connectivity index (χ1) is 6.74. The third-order valence-corrected chi connectivity index (χ3v) is 2.60. The zero-order valence-electron chi connectivity index (χ0n) is 9.08. The Kier molecular flexibility index (Phi) is 4.90. The second kappa shape index (κ2) is 5.98. The van der Waals surface area contributed by atoms with Gasteiger partial charge in [-0.25, -0.2) is 0 Å². The SMILES string of the molecule is COCCNC(=O)[C@@H]1CCCN(C)C1. The van der Waals surface area contributed by atoms with Gasteiger partial charge in [0.25, 0.3) is 0 Å². The molecule has 0 aromatic carbocycles. The molecule has 1 heterocycles. The van der Waals surface area contributed by atoms with Gasteiger partial charge in [-0.2, -0.15) is 0 Å². The van der Waals surface area contributed by atoms with Crippen molar-refractivity contribution in [3.05, 3.63) is 0 Å². The predicted octanol–water partition coefficient (Wildman–Crippen LogP) is 0.0908. The minimum absolute atomic E-state index is 0.172. The molecule has 1 atom stereocenters. The van der Waals surface area contributed by atoms with Crippen LogP contribution in [0.25, 0.3) is 0 Å². The van der Waals surface area contributed by atoms with Gasteiger partial charge in [-0.05, 0) is 26.4 Å². The van der Waals surface area contributed by atoms with E-state index in [1.165, 1.54) is 0 Å². The van der Waals surface area contributed by atoms with Crippen molar-refractivity contribution in [3.63, 3.8) is 0 Å². The topological polar surface area (TPSA) is 41.6 Å². The van der Waals surface area contributed by atoms with Crippen molar-refractivity contribution in [2.75, 3.05) is 40.4 Å². The van der Waals surface area contributed by atoms with Gasteiger partial charge in [0.15, 0.2) is 0 Å². The molecule has 4 nitrogen and oxygen atoms in total. The van der Waals surface area contributed by atoms with Crippen LogP contribution in [0.15, 0.2) is 0 Å². The molecule has 0 spiro atoms. The molecular weight excluding hydrogens is 180 g/mol. The summed E-state index contributed by atoms with van der Waals surface area (Å²) in [6, 6.07) is 0. The molecule has 0 aliphatic carbocycles. The third kappa shape index (κ3) is 3.64. The smallest absolute Gasteiger partial charge is 0.224 e. The fourth-order valence-corrected chi connectivity index (χ4v) is 1.80. The standard InChI is InChI=1S/C10H20N2O2/c1-12-6-3-4-9(8-12)10(13)11-5-7-14-2/h9H,3-8H2,1-2H3,(H,11,13)/t9-/m1/s1. The highest BCUT2D eigenvalue weighted by Crippen LogP contribution is 2.14. The van der Waals surface area contributed by atoms with Crippen molar-refractivity contribution in [1.82, 2.24) is 10.2 Å². The molecule has 4 heteroatoms. The Morgan fingerprint density at radius 2 is 2.43 bits per heavy atom. The molecule has 1 N–H and O–H groups in total. The van der Waals surface area contributed by atoms with E-state index in [2.05, 4.69) is 17.3 Å². The summed E-state index contributed by atoms with van der Waals surface area (Å²) in [7, 11) is 3.70. The van der Waals surface area contributed by atoms with Gasteiger partial charge in [0.2, 0.25) is 5.91 Å². The number of hydrogen-bond acceptors (Lipinski definition) is 3. The Morgan fingerprint density at radius 3 is 3.07 bits per heavy atom. The van der Waals surface area contributed by atoms with E-state index in [0.717, 1.165) is 25.9 Å². The van der Waals surface area contributed by atoms with Gasteiger partial charge in [0.1, 0.15) is 0 Å². The Hall–Kier alpha value is -0.610. The number of methoxy groups -OCH3 is 1. The summed E-state index contributed by atoms with van der Waals surface area (Å²) in [6.07, 6.45) is 2.14. The van der Waals surface area contributed by atoms with Crippen molar-refractivity contribution >= 4 is 5.91 Å². The molecule has 1 aliphatic rings. The normalized spacial score (nSPS) is 23.4. The maximum Gasteiger partial charge on any atom is 0.224 e. The van der Waals surface area contributed by atoms with Crippen LogP contribution in [-0.4, -0.2) is 51.2 Å². The average molecular weight is 200 g/mol. The van der Waals surface area contributed by atoms with Crippen molar-refractivity contribution in [1.29, 1.82) is 0 Å². The summed E-state index contributed by atoms with van der Waals surface area (Å²) in [4.78, 5) is 13.8. The van der Waals surface area contributed by atoms with Crippen LogP contribution in [0.2, 0.25) is 0 Å². The van der Waals surface area contributed by atoms with Gasteiger partial charge in [-0.3, -0.25) is 4.79 Å². The van der Waals surface area contributed by atoms with Gasteiger partial charge in [-0.15, -0.1) is 0 Å². The maximum atomic E-state index is 11.6. The molecule has 1 amide bonds. The monoisotopic (exact) mass is 200 g/mol. The van der Waals surface area contributed by atoms with E-state index < -0.39 is 0 Å². The summed E-state index contributed by atoms with van der Waals surface area (Å²) in [5.41, 5.74) is 0. The number of amides is 1. The zero-order chi connectivity index (χ0) is 10.4. The lowest BCUT2D eigenvalue weighted by atomic mass is 9.98. The summed E-state index contributed by atoms with van der Waals surface area (Å²) in [5.74, 6) is 0.346. The van der Waals surface area contributed by atoms with Crippen molar-refractivity contribution in [3.8, 4) is 0 Å². The number of rotatable bonds is 4. The molecule has 0 unspecified atom stereocenters. The minimum atomic E-state index is 0.172. The number of nitrogens with one attached hydrogen (secondary N) is 1. The molecule has 0 aromatic rings. The summed E-state index contributed by atoms with van der Waals surface area (Å²) >= 11 is 0. The fraction of sp³-hybridized carbons (Fsp3) is 0.900. The number of nitrogens with zero attached hydrogens (tertiary/aromatic N) is 1. The van der Waals surface area contributed by atoms with Crippen LogP contribution in [0, 0.1) is 5.92 Å². The first-order valence-electron chi connectivity index (χ1n) is 5.19. The van der Waals surface area contributed by atoms with E-state index >= 15 is 0 Å². The van der Waals surface area contributed by atoms with Crippen LogP contribution < -0.4 is 5.32 Å². The molecule has 1 rings (SSSR count). The lowest BCUT2D eigenvalue weighted by molar-refractivity contribution is -0.126. The third-order valence-electron chi connectivity index (χ3n) is 2.60. The van der Waals surface area contributed by atoms with E-state index in [1.54, 1.807) is 7.11 Å². The molecule has 0 saturated carbocycles. The molecule has 1 saturated heterocycles.